The van der Waals surface area contributed by atoms with E-state index in [9.17, 15) is 0 Å². The van der Waals surface area contributed by atoms with Crippen LogP contribution in [0.15, 0.2) is 10.7 Å². The van der Waals surface area contributed by atoms with Gasteiger partial charge in [-0.15, -0.1) is 0 Å². The minimum Gasteiger partial charge on any atom is -0.308 e. The first-order valence-electron chi connectivity index (χ1n) is 6.69. The molecule has 0 bridgehead atoms. The van der Waals surface area contributed by atoms with Crippen molar-refractivity contribution in [3.05, 3.63) is 16.4 Å². The van der Waals surface area contributed by atoms with Gasteiger partial charge in [0.2, 0.25) is 0 Å². The number of nitrogens with zero attached hydrogens (tertiary/aromatic N) is 4. The molecular weight excluding hydrogens is 306 g/mol. The lowest BCUT2D eigenvalue weighted by Crippen LogP contribution is -2.33. The Balaban J connectivity index is 2.90. The summed E-state index contributed by atoms with van der Waals surface area (Å²) in [5, 5.41) is 8.02. The van der Waals surface area contributed by atoms with Crippen LogP contribution >= 0.6 is 15.9 Å². The summed E-state index contributed by atoms with van der Waals surface area (Å²) >= 11 is 3.63. The van der Waals surface area contributed by atoms with Crippen LogP contribution in [0.1, 0.15) is 18.7 Å². The van der Waals surface area contributed by atoms with Gasteiger partial charge < -0.3 is 15.1 Å². The van der Waals surface area contributed by atoms with E-state index in [1.807, 2.05) is 6.20 Å². The summed E-state index contributed by atoms with van der Waals surface area (Å²) in [4.78, 5) is 4.37. The molecular formula is C13H26BrN5. The Morgan fingerprint density at radius 3 is 2.53 bits per heavy atom. The lowest BCUT2D eigenvalue weighted by Gasteiger charge is -2.24. The van der Waals surface area contributed by atoms with Crippen LogP contribution in [0.25, 0.3) is 0 Å². The maximum atomic E-state index is 4.48. The standard InChI is InChI=1S/C13H26BrN5/c1-6-15-12(10-18(4)5)13-11(14)9-16-19(13)8-7-17(2)3/h9,12,15H,6-8,10H2,1-5H3. The van der Waals surface area contributed by atoms with Crippen LogP contribution in [0.4, 0.5) is 0 Å². The number of hydrogen-bond donors (Lipinski definition) is 1. The van der Waals surface area contributed by atoms with Crippen molar-refractivity contribution in [2.75, 3.05) is 47.8 Å². The average molecular weight is 332 g/mol. The van der Waals surface area contributed by atoms with E-state index >= 15 is 0 Å². The molecule has 0 aliphatic rings. The van der Waals surface area contributed by atoms with Crippen molar-refractivity contribution >= 4 is 15.9 Å². The fraction of sp³-hybridized carbons (Fsp3) is 0.769. The Kier molecular flexibility index (Phi) is 6.99. The zero-order valence-electron chi connectivity index (χ0n) is 12.6. The second kappa shape index (κ2) is 7.99. The summed E-state index contributed by atoms with van der Waals surface area (Å²) in [5.74, 6) is 0. The monoisotopic (exact) mass is 331 g/mol. The van der Waals surface area contributed by atoms with Gasteiger partial charge in [-0.2, -0.15) is 5.10 Å². The van der Waals surface area contributed by atoms with E-state index < -0.39 is 0 Å². The summed E-state index contributed by atoms with van der Waals surface area (Å²) in [6.07, 6.45) is 1.89. The quantitative estimate of drug-likeness (QED) is 0.781. The molecule has 0 spiro atoms. The van der Waals surface area contributed by atoms with Gasteiger partial charge >= 0.3 is 0 Å². The maximum Gasteiger partial charge on any atom is 0.0709 e. The number of rotatable bonds is 8. The Bertz CT molecular complexity index is 375. The van der Waals surface area contributed by atoms with Gasteiger partial charge in [-0.25, -0.2) is 0 Å². The molecule has 0 aromatic carbocycles. The van der Waals surface area contributed by atoms with E-state index in [0.29, 0.717) is 6.04 Å². The number of aromatic nitrogens is 2. The molecule has 0 amide bonds. The van der Waals surface area contributed by atoms with Crippen LogP contribution in [0.5, 0.6) is 0 Å². The second-order valence-electron chi connectivity index (χ2n) is 5.28. The summed E-state index contributed by atoms with van der Waals surface area (Å²) in [5.41, 5.74) is 1.23. The van der Waals surface area contributed by atoms with Gasteiger partial charge in [0.15, 0.2) is 0 Å². The van der Waals surface area contributed by atoms with Crippen LogP contribution in [-0.2, 0) is 6.54 Å². The SMILES string of the molecule is CCNC(CN(C)C)c1c(Br)cnn1CCN(C)C. The van der Waals surface area contributed by atoms with Crippen molar-refractivity contribution in [1.82, 2.24) is 24.9 Å². The van der Waals surface area contributed by atoms with Crippen LogP contribution in [-0.4, -0.2) is 67.4 Å². The van der Waals surface area contributed by atoms with Gasteiger partial charge in [0.05, 0.1) is 29.0 Å². The second-order valence-corrected chi connectivity index (χ2v) is 6.13. The summed E-state index contributed by atoms with van der Waals surface area (Å²) in [7, 11) is 8.36. The predicted octanol–water partition coefficient (Wildman–Crippen LogP) is 1.42. The summed E-state index contributed by atoms with van der Waals surface area (Å²) in [6.45, 7) is 5.94. The van der Waals surface area contributed by atoms with E-state index in [1.54, 1.807) is 0 Å². The number of halogens is 1. The van der Waals surface area contributed by atoms with Crippen molar-refractivity contribution in [1.29, 1.82) is 0 Å². The van der Waals surface area contributed by atoms with E-state index in [-0.39, 0.29) is 0 Å². The number of nitrogens with one attached hydrogen (secondary N) is 1. The molecule has 0 aliphatic carbocycles. The normalized spacial score (nSPS) is 13.5. The molecule has 0 saturated heterocycles. The summed E-state index contributed by atoms with van der Waals surface area (Å²) < 4.78 is 3.18. The van der Waals surface area contributed by atoms with Crippen LogP contribution in [0.3, 0.4) is 0 Å². The highest BCUT2D eigenvalue weighted by Crippen LogP contribution is 2.23. The Morgan fingerprint density at radius 2 is 2.00 bits per heavy atom. The number of likely N-dealkylation sites (N-methyl/N-ethyl adjacent to an activating group) is 3. The molecule has 1 heterocycles. The highest BCUT2D eigenvalue weighted by molar-refractivity contribution is 9.10. The van der Waals surface area contributed by atoms with Crippen molar-refractivity contribution < 1.29 is 0 Å². The predicted molar refractivity (Wildman–Crippen MR) is 83.5 cm³/mol. The topological polar surface area (TPSA) is 36.3 Å². The maximum absolute atomic E-state index is 4.48. The molecule has 0 saturated carbocycles. The van der Waals surface area contributed by atoms with Crippen molar-refractivity contribution in [3.63, 3.8) is 0 Å². The zero-order chi connectivity index (χ0) is 14.4. The molecule has 110 valence electrons. The average Bonchev–Trinajstić information content (AvgIpc) is 2.66. The zero-order valence-corrected chi connectivity index (χ0v) is 14.2. The van der Waals surface area contributed by atoms with E-state index in [0.717, 1.165) is 30.7 Å². The molecule has 6 heteroatoms. The molecule has 0 aliphatic heterocycles. The lowest BCUT2D eigenvalue weighted by molar-refractivity contribution is 0.321. The molecule has 1 aromatic rings. The van der Waals surface area contributed by atoms with Gasteiger partial charge in [-0.05, 0) is 50.7 Å². The molecule has 5 nitrogen and oxygen atoms in total. The van der Waals surface area contributed by atoms with Gasteiger partial charge in [-0.3, -0.25) is 4.68 Å². The molecule has 1 rings (SSSR count). The van der Waals surface area contributed by atoms with Crippen molar-refractivity contribution in [3.8, 4) is 0 Å². The Hall–Kier alpha value is -0.430. The third kappa shape index (κ3) is 5.22. The largest absolute Gasteiger partial charge is 0.308 e. The van der Waals surface area contributed by atoms with Crippen LogP contribution < -0.4 is 5.32 Å². The Labute approximate surface area is 125 Å². The van der Waals surface area contributed by atoms with Gasteiger partial charge in [0, 0.05) is 13.1 Å². The first kappa shape index (κ1) is 16.6. The fourth-order valence-electron chi connectivity index (χ4n) is 2.05. The molecule has 1 unspecified atom stereocenters. The molecule has 1 atom stereocenters. The van der Waals surface area contributed by atoms with E-state index in [2.05, 4.69) is 75.9 Å². The molecule has 19 heavy (non-hydrogen) atoms. The molecule has 1 aromatic heterocycles. The van der Waals surface area contributed by atoms with E-state index in [4.69, 9.17) is 0 Å². The molecule has 0 radical (unpaired) electrons. The minimum absolute atomic E-state index is 0.291. The smallest absolute Gasteiger partial charge is 0.0709 e. The van der Waals surface area contributed by atoms with Crippen molar-refractivity contribution in [2.24, 2.45) is 0 Å². The first-order valence-corrected chi connectivity index (χ1v) is 7.49. The molecule has 0 fully saturated rings. The highest BCUT2D eigenvalue weighted by atomic mass is 79.9. The minimum atomic E-state index is 0.291. The molecule has 1 N–H and O–H groups in total. The van der Waals surface area contributed by atoms with Gasteiger partial charge in [0.1, 0.15) is 0 Å². The Morgan fingerprint density at radius 1 is 1.32 bits per heavy atom. The third-order valence-corrected chi connectivity index (χ3v) is 3.53. The first-order chi connectivity index (χ1) is 8.95. The highest BCUT2D eigenvalue weighted by Gasteiger charge is 2.20. The van der Waals surface area contributed by atoms with Gasteiger partial charge in [0.25, 0.3) is 0 Å². The van der Waals surface area contributed by atoms with Gasteiger partial charge in [-0.1, -0.05) is 6.92 Å². The summed E-state index contributed by atoms with van der Waals surface area (Å²) in [6, 6.07) is 0.291. The van der Waals surface area contributed by atoms with Crippen LogP contribution in [0, 0.1) is 0 Å². The van der Waals surface area contributed by atoms with Crippen molar-refractivity contribution in [2.45, 2.75) is 19.5 Å². The third-order valence-electron chi connectivity index (χ3n) is 2.92. The van der Waals surface area contributed by atoms with Crippen LogP contribution in [0.2, 0.25) is 0 Å². The number of hydrogen-bond acceptors (Lipinski definition) is 4. The lowest BCUT2D eigenvalue weighted by atomic mass is 10.2. The fourth-order valence-corrected chi connectivity index (χ4v) is 2.62. The van der Waals surface area contributed by atoms with E-state index in [1.165, 1.54) is 5.69 Å².